The molecule has 0 atom stereocenters. The van der Waals surface area contributed by atoms with Crippen molar-refractivity contribution in [2.24, 2.45) is 5.92 Å². The number of benzene rings is 2. The molecule has 0 saturated heterocycles. The predicted octanol–water partition coefficient (Wildman–Crippen LogP) is 5.55. The van der Waals surface area contributed by atoms with E-state index in [1.54, 1.807) is 7.11 Å². The predicted molar refractivity (Wildman–Crippen MR) is 127 cm³/mol. The second kappa shape index (κ2) is 10.2. The van der Waals surface area contributed by atoms with Crippen molar-refractivity contribution >= 4 is 55.9 Å². The molecule has 162 valence electrons. The molecule has 2 aromatic carbocycles. The zero-order chi connectivity index (χ0) is 21.6. The molecule has 6 nitrogen and oxygen atoms in total. The van der Waals surface area contributed by atoms with E-state index >= 15 is 0 Å². The summed E-state index contributed by atoms with van der Waals surface area (Å²) in [6.45, 7) is 0. The molecular weight excluding hydrogens is 430 g/mol. The maximum Gasteiger partial charge on any atom is 0.236 e. The number of nitrogens with zero attached hydrogens (tertiary/aromatic N) is 1. The van der Waals surface area contributed by atoms with E-state index in [0.717, 1.165) is 52.2 Å². The fourth-order valence-electron chi connectivity index (χ4n) is 3.63. The lowest BCUT2D eigenvalue weighted by molar-refractivity contribution is -0.120. The Hall–Kier alpha value is -2.58. The van der Waals surface area contributed by atoms with Crippen LogP contribution in [0.25, 0.3) is 10.2 Å². The first-order chi connectivity index (χ1) is 15.1. The van der Waals surface area contributed by atoms with Crippen LogP contribution < -0.4 is 15.4 Å². The third kappa shape index (κ3) is 5.77. The summed E-state index contributed by atoms with van der Waals surface area (Å²) >= 11 is 2.87. The summed E-state index contributed by atoms with van der Waals surface area (Å²) in [5, 5.41) is 6.46. The van der Waals surface area contributed by atoms with Gasteiger partial charge in [0.05, 0.1) is 23.1 Å². The van der Waals surface area contributed by atoms with Crippen LogP contribution in [0.1, 0.15) is 32.1 Å². The molecule has 2 amide bonds. The summed E-state index contributed by atoms with van der Waals surface area (Å²) < 4.78 is 6.19. The average Bonchev–Trinajstić information content (AvgIpc) is 3.20. The van der Waals surface area contributed by atoms with Crippen molar-refractivity contribution in [2.45, 2.75) is 37.0 Å². The number of fused-ring (bicyclic) bond motifs is 1. The Morgan fingerprint density at radius 3 is 2.61 bits per heavy atom. The number of methoxy groups -OCH3 is 1. The van der Waals surface area contributed by atoms with Crippen LogP contribution in [-0.2, 0) is 9.59 Å². The highest BCUT2D eigenvalue weighted by Gasteiger charge is 2.21. The van der Waals surface area contributed by atoms with Crippen LogP contribution in [-0.4, -0.2) is 29.7 Å². The van der Waals surface area contributed by atoms with Crippen molar-refractivity contribution < 1.29 is 14.3 Å². The highest BCUT2D eigenvalue weighted by Crippen LogP contribution is 2.30. The quantitative estimate of drug-likeness (QED) is 0.456. The van der Waals surface area contributed by atoms with Gasteiger partial charge < -0.3 is 15.4 Å². The van der Waals surface area contributed by atoms with Gasteiger partial charge in [-0.25, -0.2) is 4.98 Å². The lowest BCUT2D eigenvalue weighted by Crippen LogP contribution is -2.24. The minimum atomic E-state index is -0.106. The first-order valence-electron chi connectivity index (χ1n) is 10.4. The van der Waals surface area contributed by atoms with E-state index in [9.17, 15) is 9.59 Å². The fourth-order valence-corrected chi connectivity index (χ4v) is 5.24. The first kappa shape index (κ1) is 21.6. The Labute approximate surface area is 189 Å². The van der Waals surface area contributed by atoms with Gasteiger partial charge in [0.1, 0.15) is 5.75 Å². The number of nitrogens with one attached hydrogen (secondary N) is 2. The molecule has 8 heteroatoms. The van der Waals surface area contributed by atoms with Gasteiger partial charge in [0.25, 0.3) is 0 Å². The SMILES string of the molecule is COc1ccc2nc(NC(=O)CSc3ccc(NC(=O)C4CCCCC4)cc3)sc2c1. The van der Waals surface area contributed by atoms with Gasteiger partial charge in [-0.05, 0) is 55.3 Å². The minimum Gasteiger partial charge on any atom is -0.497 e. The van der Waals surface area contributed by atoms with E-state index < -0.39 is 0 Å². The summed E-state index contributed by atoms with van der Waals surface area (Å²) in [4.78, 5) is 30.1. The van der Waals surface area contributed by atoms with Crippen molar-refractivity contribution in [3.05, 3.63) is 42.5 Å². The highest BCUT2D eigenvalue weighted by molar-refractivity contribution is 8.00. The number of hydrogen-bond acceptors (Lipinski definition) is 6. The van der Waals surface area contributed by atoms with Crippen molar-refractivity contribution in [1.29, 1.82) is 0 Å². The number of amides is 2. The molecule has 1 aromatic heterocycles. The van der Waals surface area contributed by atoms with Gasteiger partial charge in [0.2, 0.25) is 11.8 Å². The monoisotopic (exact) mass is 455 g/mol. The van der Waals surface area contributed by atoms with Crippen LogP contribution in [0, 0.1) is 5.92 Å². The van der Waals surface area contributed by atoms with Gasteiger partial charge >= 0.3 is 0 Å². The van der Waals surface area contributed by atoms with Crippen molar-refractivity contribution in [1.82, 2.24) is 4.98 Å². The molecule has 1 aliphatic carbocycles. The lowest BCUT2D eigenvalue weighted by atomic mass is 9.88. The average molecular weight is 456 g/mol. The first-order valence-corrected chi connectivity index (χ1v) is 12.2. The zero-order valence-corrected chi connectivity index (χ0v) is 19.0. The molecule has 0 aliphatic heterocycles. The summed E-state index contributed by atoms with van der Waals surface area (Å²) in [5.41, 5.74) is 1.63. The van der Waals surface area contributed by atoms with Crippen LogP contribution >= 0.6 is 23.1 Å². The Kier molecular flexibility index (Phi) is 7.09. The maximum absolute atomic E-state index is 12.4. The number of rotatable bonds is 7. The largest absolute Gasteiger partial charge is 0.497 e. The number of thiazole rings is 1. The Morgan fingerprint density at radius 1 is 1.10 bits per heavy atom. The molecule has 1 fully saturated rings. The number of thioether (sulfide) groups is 1. The number of aromatic nitrogens is 1. The van der Waals surface area contributed by atoms with E-state index in [2.05, 4.69) is 15.6 Å². The molecule has 0 radical (unpaired) electrons. The Morgan fingerprint density at radius 2 is 1.87 bits per heavy atom. The van der Waals surface area contributed by atoms with Crippen LogP contribution in [0.2, 0.25) is 0 Å². The minimum absolute atomic E-state index is 0.106. The molecule has 4 rings (SSSR count). The number of carbonyl (C=O) groups excluding carboxylic acids is 2. The third-order valence-electron chi connectivity index (χ3n) is 5.31. The number of ether oxygens (including phenoxy) is 1. The molecule has 1 saturated carbocycles. The number of carbonyl (C=O) groups is 2. The topological polar surface area (TPSA) is 80.3 Å². The van der Waals surface area contributed by atoms with Gasteiger partial charge in [0, 0.05) is 16.5 Å². The van der Waals surface area contributed by atoms with E-state index in [4.69, 9.17) is 4.74 Å². The van der Waals surface area contributed by atoms with Gasteiger partial charge in [-0.2, -0.15) is 0 Å². The van der Waals surface area contributed by atoms with Gasteiger partial charge in [-0.1, -0.05) is 30.6 Å². The molecule has 3 aromatic rings. The summed E-state index contributed by atoms with van der Waals surface area (Å²) in [7, 11) is 1.62. The molecule has 1 aliphatic rings. The third-order valence-corrected chi connectivity index (χ3v) is 7.26. The van der Waals surface area contributed by atoms with Gasteiger partial charge in [-0.15, -0.1) is 11.8 Å². The normalized spacial score (nSPS) is 14.4. The fraction of sp³-hybridized carbons (Fsp3) is 0.348. The van der Waals surface area contributed by atoms with Crippen molar-refractivity contribution in [3.63, 3.8) is 0 Å². The van der Waals surface area contributed by atoms with Crippen LogP contribution in [0.3, 0.4) is 0 Å². The molecule has 0 spiro atoms. The second-order valence-corrected chi connectivity index (χ2v) is 9.62. The smallest absolute Gasteiger partial charge is 0.236 e. The van der Waals surface area contributed by atoms with E-state index in [0.29, 0.717) is 5.13 Å². The molecule has 31 heavy (non-hydrogen) atoms. The van der Waals surface area contributed by atoms with E-state index in [1.807, 2.05) is 42.5 Å². The molecule has 0 unspecified atom stereocenters. The van der Waals surface area contributed by atoms with Crippen molar-refractivity contribution in [2.75, 3.05) is 23.5 Å². The second-order valence-electron chi connectivity index (χ2n) is 7.54. The summed E-state index contributed by atoms with van der Waals surface area (Å²) in [6.07, 6.45) is 5.48. The molecule has 2 N–H and O–H groups in total. The number of hydrogen-bond donors (Lipinski definition) is 2. The van der Waals surface area contributed by atoms with Crippen LogP contribution in [0.5, 0.6) is 5.75 Å². The zero-order valence-electron chi connectivity index (χ0n) is 17.3. The Balaban J connectivity index is 1.27. The summed E-state index contributed by atoms with van der Waals surface area (Å²) in [5.74, 6) is 1.20. The Bertz CT molecular complexity index is 1060. The standard InChI is InChI=1S/C23H25N3O3S2/c1-29-17-9-12-19-20(13-17)31-23(25-19)26-21(27)14-30-18-10-7-16(8-11-18)24-22(28)15-5-3-2-4-6-15/h7-13,15H,2-6,14H2,1H3,(H,24,28)(H,25,26,27). The number of anilines is 2. The van der Waals surface area contributed by atoms with Crippen LogP contribution in [0.4, 0.5) is 10.8 Å². The summed E-state index contributed by atoms with van der Waals surface area (Å²) in [6, 6.07) is 13.3. The highest BCUT2D eigenvalue weighted by atomic mass is 32.2. The molecule has 1 heterocycles. The van der Waals surface area contributed by atoms with Crippen LogP contribution in [0.15, 0.2) is 47.4 Å². The molecular formula is C23H25N3O3S2. The molecule has 0 bridgehead atoms. The maximum atomic E-state index is 12.4. The van der Waals surface area contributed by atoms with Gasteiger partial charge in [-0.3, -0.25) is 9.59 Å². The lowest BCUT2D eigenvalue weighted by Gasteiger charge is -2.20. The van der Waals surface area contributed by atoms with E-state index in [1.165, 1.54) is 29.5 Å². The van der Waals surface area contributed by atoms with Gasteiger partial charge in [0.15, 0.2) is 5.13 Å². The van der Waals surface area contributed by atoms with E-state index in [-0.39, 0.29) is 23.5 Å². The van der Waals surface area contributed by atoms with Crippen molar-refractivity contribution in [3.8, 4) is 5.75 Å².